The summed E-state index contributed by atoms with van der Waals surface area (Å²) in [5, 5.41) is 6.04. The van der Waals surface area contributed by atoms with Gasteiger partial charge in [-0.3, -0.25) is 0 Å². The molecule has 0 bridgehead atoms. The van der Waals surface area contributed by atoms with Gasteiger partial charge in [0.05, 0.1) is 0 Å². The van der Waals surface area contributed by atoms with E-state index in [1.54, 1.807) is 18.3 Å². The van der Waals surface area contributed by atoms with Gasteiger partial charge in [0.1, 0.15) is 5.15 Å². The Labute approximate surface area is 107 Å². The number of carbonyl (C=O) groups is 1. The van der Waals surface area contributed by atoms with E-state index < -0.39 is 0 Å². The molecule has 1 aromatic heterocycles. The number of hydrogen-bond donors (Lipinski definition) is 2. The van der Waals surface area contributed by atoms with Crippen molar-refractivity contribution in [2.45, 2.75) is 39.2 Å². The van der Waals surface area contributed by atoms with Crippen molar-refractivity contribution in [3.8, 4) is 0 Å². The Morgan fingerprint density at radius 3 is 2.65 bits per heavy atom. The number of anilines is 1. The van der Waals surface area contributed by atoms with Crippen LogP contribution in [-0.4, -0.2) is 16.6 Å². The molecule has 1 heterocycles. The largest absolute Gasteiger partial charge is 0.333 e. The van der Waals surface area contributed by atoms with Crippen LogP contribution in [0.5, 0.6) is 0 Å². The van der Waals surface area contributed by atoms with E-state index in [0.717, 1.165) is 12.8 Å². The van der Waals surface area contributed by atoms with Crippen LogP contribution in [0.4, 0.5) is 10.5 Å². The number of carbonyl (C=O) groups excluding carboxylic acids is 1. The predicted molar refractivity (Wildman–Crippen MR) is 70.4 cm³/mol. The fourth-order valence-electron chi connectivity index (χ4n) is 1.34. The fourth-order valence-corrected chi connectivity index (χ4v) is 1.52. The zero-order chi connectivity index (χ0) is 12.9. The van der Waals surface area contributed by atoms with Crippen LogP contribution in [-0.2, 0) is 0 Å². The van der Waals surface area contributed by atoms with Gasteiger partial charge in [-0.15, -0.1) is 0 Å². The zero-order valence-corrected chi connectivity index (χ0v) is 11.1. The number of nitrogens with zero attached hydrogens (tertiary/aromatic N) is 1. The van der Waals surface area contributed by atoms with E-state index in [0.29, 0.717) is 10.8 Å². The van der Waals surface area contributed by atoms with Crippen molar-refractivity contribution in [1.82, 2.24) is 10.3 Å². The molecule has 0 aliphatic heterocycles. The smallest absolute Gasteiger partial charge is 0.319 e. The number of hydrogen-bond acceptors (Lipinski definition) is 2. The molecular weight excluding hydrogens is 238 g/mol. The van der Waals surface area contributed by atoms with Gasteiger partial charge in [-0.25, -0.2) is 9.78 Å². The number of nitrogens with one attached hydrogen (secondary N) is 2. The lowest BCUT2D eigenvalue weighted by atomic mass is 9.96. The third kappa shape index (κ3) is 4.23. The summed E-state index contributed by atoms with van der Waals surface area (Å²) in [6.07, 6.45) is 3.32. The summed E-state index contributed by atoms with van der Waals surface area (Å²) in [5.41, 5.74) is 0.457. The van der Waals surface area contributed by atoms with Gasteiger partial charge in [-0.1, -0.05) is 25.4 Å². The van der Waals surface area contributed by atoms with Gasteiger partial charge in [-0.05, 0) is 31.9 Å². The van der Waals surface area contributed by atoms with Gasteiger partial charge >= 0.3 is 6.03 Å². The molecule has 17 heavy (non-hydrogen) atoms. The molecule has 2 amide bonds. The molecule has 0 unspecified atom stereocenters. The minimum atomic E-state index is -0.224. The quantitative estimate of drug-likeness (QED) is 0.810. The molecule has 0 aliphatic rings. The molecular formula is C12H18ClN3O. The van der Waals surface area contributed by atoms with Gasteiger partial charge < -0.3 is 10.6 Å². The first-order valence-electron chi connectivity index (χ1n) is 5.70. The Bertz CT molecular complexity index is 391. The summed E-state index contributed by atoms with van der Waals surface area (Å²) >= 11 is 5.73. The number of rotatable bonds is 4. The van der Waals surface area contributed by atoms with E-state index in [1.807, 2.05) is 20.8 Å². The Hall–Kier alpha value is -1.29. The summed E-state index contributed by atoms with van der Waals surface area (Å²) in [5.74, 6) is 0. The minimum Gasteiger partial charge on any atom is -0.333 e. The maximum Gasteiger partial charge on any atom is 0.319 e. The summed E-state index contributed by atoms with van der Waals surface area (Å²) in [6.45, 7) is 6.12. The summed E-state index contributed by atoms with van der Waals surface area (Å²) < 4.78 is 0. The van der Waals surface area contributed by atoms with Crippen molar-refractivity contribution in [2.75, 3.05) is 5.32 Å². The number of pyridine rings is 1. The Morgan fingerprint density at radius 2 is 2.12 bits per heavy atom. The van der Waals surface area contributed by atoms with Crippen molar-refractivity contribution < 1.29 is 4.79 Å². The van der Waals surface area contributed by atoms with Crippen LogP contribution in [0.2, 0.25) is 5.15 Å². The molecule has 5 heteroatoms. The second-order valence-electron chi connectivity index (χ2n) is 4.21. The van der Waals surface area contributed by atoms with Crippen LogP contribution in [0, 0.1) is 0 Å². The first-order chi connectivity index (χ1) is 7.99. The van der Waals surface area contributed by atoms with E-state index in [4.69, 9.17) is 11.6 Å². The van der Waals surface area contributed by atoms with Crippen LogP contribution in [0.1, 0.15) is 33.6 Å². The minimum absolute atomic E-state index is 0.180. The van der Waals surface area contributed by atoms with Gasteiger partial charge in [0, 0.05) is 17.4 Å². The van der Waals surface area contributed by atoms with Crippen molar-refractivity contribution in [3.05, 3.63) is 23.5 Å². The number of amides is 2. The van der Waals surface area contributed by atoms with Gasteiger partial charge in [0.15, 0.2) is 0 Å². The highest BCUT2D eigenvalue weighted by atomic mass is 35.5. The molecule has 0 fully saturated rings. The summed E-state index contributed by atoms with van der Waals surface area (Å²) in [4.78, 5) is 15.6. The van der Waals surface area contributed by atoms with E-state index in [1.165, 1.54) is 0 Å². The van der Waals surface area contributed by atoms with Gasteiger partial charge in [0.25, 0.3) is 0 Å². The Morgan fingerprint density at radius 1 is 1.47 bits per heavy atom. The monoisotopic (exact) mass is 255 g/mol. The molecule has 0 radical (unpaired) electrons. The van der Waals surface area contributed by atoms with Crippen molar-refractivity contribution in [1.29, 1.82) is 0 Å². The molecule has 0 aromatic carbocycles. The highest BCUT2D eigenvalue weighted by Crippen LogP contribution is 2.15. The van der Waals surface area contributed by atoms with Crippen LogP contribution >= 0.6 is 11.6 Å². The third-order valence-corrected chi connectivity index (χ3v) is 3.17. The average Bonchev–Trinajstić information content (AvgIpc) is 2.28. The lowest BCUT2D eigenvalue weighted by Gasteiger charge is -2.28. The SMILES string of the molecule is CCC(C)(CC)NC(=O)Nc1ccnc(Cl)c1. The normalized spacial score (nSPS) is 11.1. The van der Waals surface area contributed by atoms with Gasteiger partial charge in [-0.2, -0.15) is 0 Å². The average molecular weight is 256 g/mol. The number of halogens is 1. The van der Waals surface area contributed by atoms with E-state index in [-0.39, 0.29) is 11.6 Å². The van der Waals surface area contributed by atoms with Crippen molar-refractivity contribution >= 4 is 23.3 Å². The number of aromatic nitrogens is 1. The topological polar surface area (TPSA) is 54.0 Å². The first-order valence-corrected chi connectivity index (χ1v) is 6.07. The van der Waals surface area contributed by atoms with Crippen molar-refractivity contribution in [2.24, 2.45) is 0 Å². The molecule has 0 aliphatic carbocycles. The first kappa shape index (κ1) is 13.8. The maximum absolute atomic E-state index is 11.8. The predicted octanol–water partition coefficient (Wildman–Crippen LogP) is 3.44. The Balaban J connectivity index is 2.61. The zero-order valence-electron chi connectivity index (χ0n) is 10.4. The lowest BCUT2D eigenvalue weighted by molar-refractivity contribution is 0.236. The number of urea groups is 1. The fraction of sp³-hybridized carbons (Fsp3) is 0.500. The van der Waals surface area contributed by atoms with Gasteiger partial charge in [0.2, 0.25) is 0 Å². The van der Waals surface area contributed by atoms with Crippen LogP contribution in [0.3, 0.4) is 0 Å². The molecule has 0 saturated carbocycles. The highest BCUT2D eigenvalue weighted by molar-refractivity contribution is 6.29. The molecule has 2 N–H and O–H groups in total. The summed E-state index contributed by atoms with van der Waals surface area (Å²) in [6, 6.07) is 3.08. The Kier molecular flexibility index (Phi) is 4.75. The molecule has 0 atom stereocenters. The van der Waals surface area contributed by atoms with E-state index in [9.17, 15) is 4.79 Å². The molecule has 1 aromatic rings. The van der Waals surface area contributed by atoms with Crippen molar-refractivity contribution in [3.63, 3.8) is 0 Å². The molecule has 4 nitrogen and oxygen atoms in total. The molecule has 0 spiro atoms. The lowest BCUT2D eigenvalue weighted by Crippen LogP contribution is -2.46. The van der Waals surface area contributed by atoms with E-state index in [2.05, 4.69) is 15.6 Å². The second kappa shape index (κ2) is 5.87. The standard InChI is InChI=1S/C12H18ClN3O/c1-4-12(3,5-2)16-11(17)15-9-6-7-14-10(13)8-9/h6-8H,4-5H2,1-3H3,(H2,14,15,16,17). The third-order valence-electron chi connectivity index (χ3n) is 2.96. The molecule has 94 valence electrons. The maximum atomic E-state index is 11.8. The molecule has 0 saturated heterocycles. The molecule has 1 rings (SSSR count). The van der Waals surface area contributed by atoms with Crippen LogP contribution < -0.4 is 10.6 Å². The van der Waals surface area contributed by atoms with Crippen LogP contribution in [0.25, 0.3) is 0 Å². The summed E-state index contributed by atoms with van der Waals surface area (Å²) in [7, 11) is 0. The van der Waals surface area contributed by atoms with Crippen LogP contribution in [0.15, 0.2) is 18.3 Å². The second-order valence-corrected chi connectivity index (χ2v) is 4.60. The highest BCUT2D eigenvalue weighted by Gasteiger charge is 2.21. The van der Waals surface area contributed by atoms with E-state index >= 15 is 0 Å².